The second-order valence-electron chi connectivity index (χ2n) is 5.12. The maximum Gasteiger partial charge on any atom is 0.305 e. The van der Waals surface area contributed by atoms with Crippen LogP contribution in [0.4, 0.5) is 0 Å². The molecule has 8 heteroatoms. The molecule has 1 aliphatic heterocycles. The number of hydrogen-bond donors (Lipinski definition) is 0. The number of carbonyl (C=O) groups excluding carboxylic acids is 1. The molecule has 114 valence electrons. The molecule has 0 amide bonds. The van der Waals surface area contributed by atoms with Crippen molar-refractivity contribution >= 4 is 32.1 Å². The average Bonchev–Trinajstić information content (AvgIpc) is 2.98. The Bertz CT molecular complexity index is 789. The Morgan fingerprint density at radius 3 is 3.10 bits per heavy atom. The number of sulfone groups is 1. The van der Waals surface area contributed by atoms with Gasteiger partial charge in [-0.05, 0) is 12.8 Å². The van der Waals surface area contributed by atoms with Crippen molar-refractivity contribution in [3.8, 4) is 0 Å². The number of nitrogens with zero attached hydrogens (tertiary/aromatic N) is 2. The summed E-state index contributed by atoms with van der Waals surface area (Å²) >= 11 is 1.51. The van der Waals surface area contributed by atoms with Gasteiger partial charge in [-0.15, -0.1) is 11.3 Å². The summed E-state index contributed by atoms with van der Waals surface area (Å²) < 4.78 is 30.2. The molecular weight excluding hydrogens is 312 g/mol. The summed E-state index contributed by atoms with van der Waals surface area (Å²) in [5.41, 5.74) is 2.71. The topological polar surface area (TPSA) is 77.7 Å². The number of thiazole rings is 1. The Morgan fingerprint density at radius 1 is 1.52 bits per heavy atom. The highest BCUT2D eigenvalue weighted by molar-refractivity contribution is 7.90. The first-order valence-corrected chi connectivity index (χ1v) is 9.44. The van der Waals surface area contributed by atoms with Gasteiger partial charge in [-0.25, -0.2) is 13.4 Å². The molecular formula is C13H16N2O4S2. The number of hydrogen-bond acceptors (Lipinski definition) is 6. The van der Waals surface area contributed by atoms with E-state index in [2.05, 4.69) is 9.72 Å². The van der Waals surface area contributed by atoms with E-state index in [-0.39, 0.29) is 17.5 Å². The number of methoxy groups -OCH3 is 1. The van der Waals surface area contributed by atoms with Crippen molar-refractivity contribution in [2.75, 3.05) is 12.9 Å². The van der Waals surface area contributed by atoms with Gasteiger partial charge < -0.3 is 4.74 Å². The van der Waals surface area contributed by atoms with Gasteiger partial charge in [-0.3, -0.25) is 9.20 Å². The first kappa shape index (κ1) is 14.5. The summed E-state index contributed by atoms with van der Waals surface area (Å²) in [6.45, 7) is 0. The number of aryl methyl sites for hydroxylation is 2. The van der Waals surface area contributed by atoms with E-state index in [1.54, 1.807) is 0 Å². The molecule has 0 aliphatic carbocycles. The largest absolute Gasteiger partial charge is 0.469 e. The Kier molecular flexibility index (Phi) is 3.75. The zero-order valence-corrected chi connectivity index (χ0v) is 13.3. The number of fused-ring (bicyclic) bond motifs is 3. The zero-order valence-electron chi connectivity index (χ0n) is 11.7. The van der Waals surface area contributed by atoms with Crippen LogP contribution >= 0.6 is 11.3 Å². The smallest absolute Gasteiger partial charge is 0.305 e. The predicted molar refractivity (Wildman–Crippen MR) is 79.2 cm³/mol. The van der Waals surface area contributed by atoms with E-state index < -0.39 is 9.84 Å². The quantitative estimate of drug-likeness (QED) is 0.792. The molecule has 0 aromatic carbocycles. The molecule has 3 rings (SSSR count). The Morgan fingerprint density at radius 2 is 2.33 bits per heavy atom. The summed E-state index contributed by atoms with van der Waals surface area (Å²) in [5, 5.41) is 1.99. The lowest BCUT2D eigenvalue weighted by Gasteiger charge is -2.12. The van der Waals surface area contributed by atoms with Crippen LogP contribution in [0.15, 0.2) is 5.38 Å². The lowest BCUT2D eigenvalue weighted by Crippen LogP contribution is -2.20. The van der Waals surface area contributed by atoms with Crippen LogP contribution in [-0.4, -0.2) is 36.6 Å². The first-order chi connectivity index (χ1) is 10.00. The average molecular weight is 328 g/mol. The molecule has 0 N–H and O–H groups in total. The number of aromatic nitrogens is 2. The molecule has 0 bridgehead atoms. The number of esters is 1. The van der Waals surface area contributed by atoms with Crippen molar-refractivity contribution in [2.24, 2.45) is 0 Å². The molecule has 3 heterocycles. The van der Waals surface area contributed by atoms with Gasteiger partial charge in [0, 0.05) is 23.9 Å². The highest BCUT2D eigenvalue weighted by Crippen LogP contribution is 2.27. The summed E-state index contributed by atoms with van der Waals surface area (Å²) in [6.07, 6.45) is 2.24. The Labute approximate surface area is 126 Å². The van der Waals surface area contributed by atoms with Gasteiger partial charge in [0.2, 0.25) is 0 Å². The Balaban J connectivity index is 1.87. The van der Waals surface area contributed by atoms with E-state index in [1.165, 1.54) is 18.4 Å². The van der Waals surface area contributed by atoms with Crippen molar-refractivity contribution in [3.63, 3.8) is 0 Å². The second kappa shape index (κ2) is 5.42. The third kappa shape index (κ3) is 2.82. The van der Waals surface area contributed by atoms with Crippen LogP contribution in [0.3, 0.4) is 0 Å². The Hall–Kier alpha value is -1.41. The number of carbonyl (C=O) groups is 1. The van der Waals surface area contributed by atoms with Gasteiger partial charge in [-0.1, -0.05) is 0 Å². The minimum atomic E-state index is -3.02. The number of rotatable bonds is 4. The summed E-state index contributed by atoms with van der Waals surface area (Å²) in [4.78, 5) is 16.5. The highest BCUT2D eigenvalue weighted by atomic mass is 32.2. The van der Waals surface area contributed by atoms with Crippen molar-refractivity contribution in [3.05, 3.63) is 22.5 Å². The fourth-order valence-electron chi connectivity index (χ4n) is 2.59. The highest BCUT2D eigenvalue weighted by Gasteiger charge is 2.27. The first-order valence-electron chi connectivity index (χ1n) is 6.74. The molecule has 2 aromatic heterocycles. The molecule has 1 aliphatic rings. The van der Waals surface area contributed by atoms with E-state index in [9.17, 15) is 13.2 Å². The van der Waals surface area contributed by atoms with Crippen molar-refractivity contribution in [1.82, 2.24) is 9.38 Å². The fourth-order valence-corrected chi connectivity index (χ4v) is 4.91. The van der Waals surface area contributed by atoms with Gasteiger partial charge in [0.1, 0.15) is 0 Å². The van der Waals surface area contributed by atoms with E-state index >= 15 is 0 Å². The summed E-state index contributed by atoms with van der Waals surface area (Å²) in [6, 6.07) is 0. The molecule has 6 nitrogen and oxygen atoms in total. The van der Waals surface area contributed by atoms with E-state index in [0.717, 1.165) is 22.0 Å². The van der Waals surface area contributed by atoms with Crippen LogP contribution in [0.5, 0.6) is 0 Å². The van der Waals surface area contributed by atoms with Crippen LogP contribution in [0.2, 0.25) is 0 Å². The van der Waals surface area contributed by atoms with Gasteiger partial charge >= 0.3 is 5.97 Å². The SMILES string of the molecule is COC(=O)CCCc1csc2nc3c(n12)CS(=O)(=O)CC3. The normalized spacial score (nSPS) is 16.8. The van der Waals surface area contributed by atoms with Crippen LogP contribution < -0.4 is 0 Å². The molecule has 0 unspecified atom stereocenters. The zero-order chi connectivity index (χ0) is 15.0. The standard InChI is InChI=1S/C13H16N2O4S2/c1-19-12(16)4-2-3-9-7-20-13-14-10-5-6-21(17,18)8-11(10)15(9)13/h7H,2-6,8H2,1H3. The number of imidazole rings is 1. The molecule has 0 fully saturated rings. The van der Waals surface area contributed by atoms with Crippen LogP contribution in [0.25, 0.3) is 4.96 Å². The van der Waals surface area contributed by atoms with Gasteiger partial charge in [0.05, 0.1) is 30.0 Å². The van der Waals surface area contributed by atoms with E-state index in [4.69, 9.17) is 0 Å². The van der Waals surface area contributed by atoms with E-state index in [1.807, 2.05) is 9.78 Å². The van der Waals surface area contributed by atoms with Gasteiger partial charge in [0.15, 0.2) is 14.8 Å². The lowest BCUT2D eigenvalue weighted by atomic mass is 10.2. The van der Waals surface area contributed by atoms with Crippen molar-refractivity contribution < 1.29 is 17.9 Å². The van der Waals surface area contributed by atoms with E-state index in [0.29, 0.717) is 25.7 Å². The summed E-state index contributed by atoms with van der Waals surface area (Å²) in [7, 11) is -1.64. The number of ether oxygens (including phenoxy) is 1. The molecule has 21 heavy (non-hydrogen) atoms. The van der Waals surface area contributed by atoms with Crippen LogP contribution in [0.1, 0.15) is 29.9 Å². The van der Waals surface area contributed by atoms with Crippen molar-refractivity contribution in [2.45, 2.75) is 31.4 Å². The molecule has 0 atom stereocenters. The monoisotopic (exact) mass is 328 g/mol. The third-order valence-electron chi connectivity index (χ3n) is 3.66. The molecule has 0 spiro atoms. The molecule has 0 saturated carbocycles. The summed E-state index contributed by atoms with van der Waals surface area (Å²) in [5.74, 6) is 0.0175. The van der Waals surface area contributed by atoms with Crippen LogP contribution in [0, 0.1) is 0 Å². The lowest BCUT2D eigenvalue weighted by molar-refractivity contribution is -0.140. The maximum absolute atomic E-state index is 11.8. The van der Waals surface area contributed by atoms with Crippen molar-refractivity contribution in [1.29, 1.82) is 0 Å². The van der Waals surface area contributed by atoms with Crippen LogP contribution in [-0.2, 0) is 38.0 Å². The van der Waals surface area contributed by atoms with Gasteiger partial charge in [-0.2, -0.15) is 0 Å². The molecule has 0 radical (unpaired) electrons. The second-order valence-corrected chi connectivity index (χ2v) is 8.14. The van der Waals surface area contributed by atoms with Gasteiger partial charge in [0.25, 0.3) is 0 Å². The predicted octanol–water partition coefficient (Wildman–Crippen LogP) is 1.36. The minimum Gasteiger partial charge on any atom is -0.469 e. The maximum atomic E-state index is 11.8. The minimum absolute atomic E-state index is 0.0598. The molecule has 2 aromatic rings. The molecule has 0 saturated heterocycles. The third-order valence-corrected chi connectivity index (χ3v) is 6.07. The fraction of sp³-hybridized carbons (Fsp3) is 0.538.